The Labute approximate surface area is 145 Å². The van der Waals surface area contributed by atoms with E-state index < -0.39 is 10.1 Å². The van der Waals surface area contributed by atoms with Crippen molar-refractivity contribution in [2.24, 2.45) is 0 Å². The van der Waals surface area contributed by atoms with Crippen molar-refractivity contribution in [1.82, 2.24) is 0 Å². The Morgan fingerprint density at radius 3 is 2.29 bits per heavy atom. The highest BCUT2D eigenvalue weighted by atomic mass is 32.2. The third kappa shape index (κ3) is 4.58. The minimum atomic E-state index is -4.25. The number of benzene rings is 2. The monoisotopic (exact) mass is 348 g/mol. The Morgan fingerprint density at radius 2 is 1.62 bits per heavy atom. The van der Waals surface area contributed by atoms with Crippen LogP contribution >= 0.6 is 0 Å². The first-order valence-electron chi connectivity index (χ1n) is 9.00. The fraction of sp³-hybridized carbons (Fsp3) is 0.500. The lowest BCUT2D eigenvalue weighted by Crippen LogP contribution is -2.08. The average molecular weight is 349 g/mol. The summed E-state index contributed by atoms with van der Waals surface area (Å²) < 4.78 is 34.1. The van der Waals surface area contributed by atoms with Crippen molar-refractivity contribution < 1.29 is 13.0 Å². The maximum atomic E-state index is 12.1. The molecule has 0 heterocycles. The van der Waals surface area contributed by atoms with Gasteiger partial charge in [-0.05, 0) is 35.8 Å². The van der Waals surface area contributed by atoms with Crippen LogP contribution in [0.5, 0.6) is 0 Å². The van der Waals surface area contributed by atoms with E-state index in [2.05, 4.69) is 19.9 Å². The lowest BCUT2D eigenvalue weighted by molar-refractivity contribution is 0.482. The largest absolute Gasteiger partial charge is 0.295 e. The molecule has 2 aromatic carbocycles. The smallest absolute Gasteiger partial charge is 0.282 e. The number of hydrogen-bond acceptors (Lipinski definition) is 2. The molecule has 3 nitrogen and oxygen atoms in total. The lowest BCUT2D eigenvalue weighted by atomic mass is 9.94. The summed E-state index contributed by atoms with van der Waals surface area (Å²) in [5, 5.41) is 1.51. The Kier molecular flexibility index (Phi) is 6.81. The van der Waals surface area contributed by atoms with Crippen LogP contribution in [0.15, 0.2) is 35.2 Å². The van der Waals surface area contributed by atoms with Crippen molar-refractivity contribution in [3.8, 4) is 0 Å². The van der Waals surface area contributed by atoms with E-state index in [0.29, 0.717) is 11.8 Å². The van der Waals surface area contributed by atoms with Gasteiger partial charge in [0.05, 0.1) is 0 Å². The second-order valence-corrected chi connectivity index (χ2v) is 7.81. The average Bonchev–Trinajstić information content (AvgIpc) is 2.53. The molecule has 24 heavy (non-hydrogen) atoms. The molecule has 0 saturated heterocycles. The number of aryl methyl sites for hydroxylation is 1. The summed E-state index contributed by atoms with van der Waals surface area (Å²) >= 11 is 0. The van der Waals surface area contributed by atoms with Crippen LogP contribution in [-0.4, -0.2) is 13.0 Å². The Morgan fingerprint density at radius 1 is 0.917 bits per heavy atom. The molecule has 0 spiro atoms. The van der Waals surface area contributed by atoms with Crippen molar-refractivity contribution in [3.05, 3.63) is 41.5 Å². The van der Waals surface area contributed by atoms with E-state index in [1.54, 1.807) is 6.07 Å². The molecule has 0 aliphatic carbocycles. The number of unbranched alkanes of at least 4 members (excludes halogenated alkanes) is 4. The first-order valence-corrected chi connectivity index (χ1v) is 10.4. The molecular weight excluding hydrogens is 320 g/mol. The van der Waals surface area contributed by atoms with Crippen LogP contribution in [0.25, 0.3) is 10.8 Å². The predicted molar refractivity (Wildman–Crippen MR) is 100 cm³/mol. The maximum absolute atomic E-state index is 12.1. The molecule has 0 atom stereocenters. The van der Waals surface area contributed by atoms with Crippen LogP contribution in [0.3, 0.4) is 0 Å². The summed E-state index contributed by atoms with van der Waals surface area (Å²) in [5.41, 5.74) is 1.87. The molecule has 0 fully saturated rings. The van der Waals surface area contributed by atoms with Crippen molar-refractivity contribution in [3.63, 3.8) is 0 Å². The van der Waals surface area contributed by atoms with Crippen LogP contribution < -0.4 is 0 Å². The van der Waals surface area contributed by atoms with Crippen molar-refractivity contribution >= 4 is 20.9 Å². The molecule has 0 aliphatic heterocycles. The van der Waals surface area contributed by atoms with Gasteiger partial charge in [-0.25, -0.2) is 0 Å². The van der Waals surface area contributed by atoms with E-state index in [1.807, 2.05) is 18.2 Å². The van der Waals surface area contributed by atoms with E-state index >= 15 is 0 Å². The summed E-state index contributed by atoms with van der Waals surface area (Å²) in [6, 6.07) is 9.51. The van der Waals surface area contributed by atoms with Crippen molar-refractivity contribution in [2.75, 3.05) is 0 Å². The molecule has 0 bridgehead atoms. The second-order valence-electron chi connectivity index (χ2n) is 6.45. The molecular formula is C20H28O3S. The summed E-state index contributed by atoms with van der Waals surface area (Å²) in [5.74, 6) is 0. The first kappa shape index (κ1) is 18.9. The van der Waals surface area contributed by atoms with E-state index in [9.17, 15) is 13.0 Å². The fourth-order valence-electron chi connectivity index (χ4n) is 3.38. The number of rotatable bonds is 9. The van der Waals surface area contributed by atoms with Crippen molar-refractivity contribution in [2.45, 2.75) is 70.1 Å². The molecule has 0 unspecified atom stereocenters. The van der Waals surface area contributed by atoms with Gasteiger partial charge in [0.15, 0.2) is 0 Å². The third-order valence-corrected chi connectivity index (χ3v) is 5.49. The third-order valence-electron chi connectivity index (χ3n) is 4.50. The molecule has 4 heteroatoms. The predicted octanol–water partition coefficient (Wildman–Crippen LogP) is 5.55. The Balaban J connectivity index is 2.49. The number of fused-ring (bicyclic) bond motifs is 1. The highest BCUT2D eigenvalue weighted by Gasteiger charge is 2.22. The van der Waals surface area contributed by atoms with Gasteiger partial charge in [0.1, 0.15) is 4.90 Å². The van der Waals surface area contributed by atoms with E-state index in [-0.39, 0.29) is 4.90 Å². The van der Waals surface area contributed by atoms with Crippen LogP contribution in [0.1, 0.15) is 63.5 Å². The zero-order valence-corrected chi connectivity index (χ0v) is 15.5. The Bertz CT molecular complexity index is 779. The highest BCUT2D eigenvalue weighted by Crippen LogP contribution is 2.32. The topological polar surface area (TPSA) is 54.4 Å². The van der Waals surface area contributed by atoms with Gasteiger partial charge in [-0.2, -0.15) is 8.42 Å². The van der Waals surface area contributed by atoms with Crippen molar-refractivity contribution in [1.29, 1.82) is 0 Å². The lowest BCUT2D eigenvalue weighted by Gasteiger charge is -2.16. The van der Waals surface area contributed by atoms with Gasteiger partial charge in [-0.15, -0.1) is 0 Å². The van der Waals surface area contributed by atoms with Gasteiger partial charge in [-0.3, -0.25) is 4.55 Å². The highest BCUT2D eigenvalue weighted by molar-refractivity contribution is 7.86. The normalized spacial score (nSPS) is 12.0. The molecule has 0 radical (unpaired) electrons. The van der Waals surface area contributed by atoms with Gasteiger partial charge in [0, 0.05) is 5.39 Å². The van der Waals surface area contributed by atoms with E-state index in [1.165, 1.54) is 19.3 Å². The second kappa shape index (κ2) is 8.63. The maximum Gasteiger partial charge on any atom is 0.295 e. The molecule has 0 saturated carbocycles. The Hall–Kier alpha value is -1.39. The standard InChI is InChI=1S/C20H28O3S/c1-3-5-6-7-8-13-18-16(11-4-2)15-17-12-9-10-14-19(17)20(18)24(21,22)23/h9-10,12,14-15H,3-8,11,13H2,1-2H3,(H,21,22,23). The summed E-state index contributed by atoms with van der Waals surface area (Å²) in [4.78, 5) is 0.125. The number of hydrogen-bond donors (Lipinski definition) is 1. The first-order chi connectivity index (χ1) is 11.5. The zero-order valence-electron chi connectivity index (χ0n) is 14.7. The molecule has 2 aromatic rings. The minimum Gasteiger partial charge on any atom is -0.282 e. The summed E-state index contributed by atoms with van der Waals surface area (Å²) in [6.45, 7) is 4.27. The van der Waals surface area contributed by atoms with E-state index in [4.69, 9.17) is 0 Å². The zero-order chi connectivity index (χ0) is 17.6. The van der Waals surface area contributed by atoms with Gasteiger partial charge in [0.2, 0.25) is 0 Å². The molecule has 1 N–H and O–H groups in total. The fourth-order valence-corrected chi connectivity index (χ4v) is 4.39. The summed E-state index contributed by atoms with van der Waals surface area (Å²) in [7, 11) is -4.25. The van der Waals surface area contributed by atoms with Gasteiger partial charge in [-0.1, -0.05) is 76.3 Å². The molecule has 0 aromatic heterocycles. The van der Waals surface area contributed by atoms with Crippen LogP contribution in [0.4, 0.5) is 0 Å². The SMILES string of the molecule is CCCCCCCc1c(CCC)cc2ccccc2c1S(=O)(=O)O. The summed E-state index contributed by atoms with van der Waals surface area (Å²) in [6.07, 6.45) is 8.11. The van der Waals surface area contributed by atoms with Crippen LogP contribution in [-0.2, 0) is 23.0 Å². The van der Waals surface area contributed by atoms with Crippen LogP contribution in [0.2, 0.25) is 0 Å². The molecule has 132 valence electrons. The molecule has 2 rings (SSSR count). The van der Waals surface area contributed by atoms with Gasteiger partial charge < -0.3 is 0 Å². The quantitative estimate of drug-likeness (QED) is 0.477. The van der Waals surface area contributed by atoms with Crippen LogP contribution in [0, 0.1) is 0 Å². The van der Waals surface area contributed by atoms with Gasteiger partial charge >= 0.3 is 0 Å². The molecule has 0 aliphatic rings. The van der Waals surface area contributed by atoms with E-state index in [0.717, 1.165) is 42.2 Å². The molecule has 0 amide bonds. The minimum absolute atomic E-state index is 0.125. The van der Waals surface area contributed by atoms with Gasteiger partial charge in [0.25, 0.3) is 10.1 Å².